The van der Waals surface area contributed by atoms with Gasteiger partial charge in [-0.3, -0.25) is 9.59 Å². The molecule has 1 aliphatic heterocycles. The number of rotatable bonds is 4. The molecule has 4 nitrogen and oxygen atoms in total. The Labute approximate surface area is 129 Å². The van der Waals surface area contributed by atoms with Crippen LogP contribution in [0.15, 0.2) is 17.5 Å². The topological polar surface area (TPSA) is 46.6 Å². The molecular formula is C16H21NO3S. The van der Waals surface area contributed by atoms with Crippen LogP contribution in [0.2, 0.25) is 0 Å². The molecule has 1 unspecified atom stereocenters. The van der Waals surface area contributed by atoms with E-state index in [2.05, 4.69) is 6.07 Å². The van der Waals surface area contributed by atoms with E-state index in [1.807, 2.05) is 23.3 Å². The molecule has 1 aromatic heterocycles. The van der Waals surface area contributed by atoms with Gasteiger partial charge in [0.25, 0.3) is 0 Å². The maximum Gasteiger partial charge on any atom is 0.310 e. The van der Waals surface area contributed by atoms with Crippen molar-refractivity contribution in [3.63, 3.8) is 0 Å². The van der Waals surface area contributed by atoms with Gasteiger partial charge in [0.1, 0.15) is 0 Å². The van der Waals surface area contributed by atoms with Gasteiger partial charge in [-0.1, -0.05) is 6.07 Å². The van der Waals surface area contributed by atoms with Gasteiger partial charge in [0.2, 0.25) is 5.91 Å². The van der Waals surface area contributed by atoms with Crippen LogP contribution in [0.5, 0.6) is 0 Å². The Bertz CT molecular complexity index is 522. The van der Waals surface area contributed by atoms with Crippen LogP contribution in [0.25, 0.3) is 0 Å². The molecule has 5 heteroatoms. The van der Waals surface area contributed by atoms with E-state index in [4.69, 9.17) is 4.74 Å². The number of carbonyl (C=O) groups is 2. The van der Waals surface area contributed by atoms with Crippen LogP contribution in [0, 0.1) is 5.92 Å². The van der Waals surface area contributed by atoms with Gasteiger partial charge < -0.3 is 9.64 Å². The Balaban J connectivity index is 1.69. The first kappa shape index (κ1) is 14.6. The van der Waals surface area contributed by atoms with Crippen molar-refractivity contribution >= 4 is 23.2 Å². The van der Waals surface area contributed by atoms with Crippen LogP contribution >= 0.6 is 11.3 Å². The van der Waals surface area contributed by atoms with Gasteiger partial charge in [0.15, 0.2) is 0 Å². The molecule has 1 atom stereocenters. The van der Waals surface area contributed by atoms with Crippen molar-refractivity contribution in [2.24, 2.45) is 5.92 Å². The SMILES string of the molecule is CCOC(=O)C1CCCN(C(=O)C2(c3cccs3)CC2)C1. The second kappa shape index (κ2) is 5.79. The molecule has 2 aliphatic rings. The minimum absolute atomic E-state index is 0.151. The number of ether oxygens (including phenoxy) is 1. The standard InChI is InChI=1S/C16H21NO3S/c1-2-20-14(18)12-5-3-9-17(11-12)15(19)16(7-8-16)13-6-4-10-21-13/h4,6,10,12H,2-3,5,7-9,11H2,1H3. The van der Waals surface area contributed by atoms with Gasteiger partial charge in [0.05, 0.1) is 17.9 Å². The number of likely N-dealkylation sites (tertiary alicyclic amines) is 1. The zero-order valence-corrected chi connectivity index (χ0v) is 13.2. The van der Waals surface area contributed by atoms with Gasteiger partial charge >= 0.3 is 5.97 Å². The average Bonchev–Trinajstić information content (AvgIpc) is 3.13. The van der Waals surface area contributed by atoms with E-state index in [-0.39, 0.29) is 23.2 Å². The molecule has 21 heavy (non-hydrogen) atoms. The fraction of sp³-hybridized carbons (Fsp3) is 0.625. The van der Waals surface area contributed by atoms with Crippen molar-refractivity contribution in [1.82, 2.24) is 4.90 Å². The Kier molecular flexibility index (Phi) is 4.02. The molecule has 114 valence electrons. The summed E-state index contributed by atoms with van der Waals surface area (Å²) in [6.07, 6.45) is 3.59. The lowest BCUT2D eigenvalue weighted by molar-refractivity contribution is -0.151. The van der Waals surface area contributed by atoms with E-state index in [1.54, 1.807) is 11.3 Å². The number of carbonyl (C=O) groups excluding carboxylic acids is 2. The third-order valence-electron chi connectivity index (χ3n) is 4.48. The summed E-state index contributed by atoms with van der Waals surface area (Å²) in [6.45, 7) is 3.51. The first-order valence-corrected chi connectivity index (χ1v) is 8.55. The number of esters is 1. The lowest BCUT2D eigenvalue weighted by Crippen LogP contribution is -2.46. The molecular weight excluding hydrogens is 286 g/mol. The minimum atomic E-state index is -0.287. The summed E-state index contributed by atoms with van der Waals surface area (Å²) >= 11 is 1.66. The minimum Gasteiger partial charge on any atom is -0.466 e. The van der Waals surface area contributed by atoms with E-state index in [1.165, 1.54) is 4.88 Å². The Hall–Kier alpha value is -1.36. The highest BCUT2D eigenvalue weighted by atomic mass is 32.1. The molecule has 1 saturated carbocycles. The van der Waals surface area contributed by atoms with Crippen molar-refractivity contribution in [2.75, 3.05) is 19.7 Å². The normalized spacial score (nSPS) is 23.7. The molecule has 2 heterocycles. The highest BCUT2D eigenvalue weighted by Crippen LogP contribution is 2.51. The predicted molar refractivity (Wildman–Crippen MR) is 81.2 cm³/mol. The zero-order chi connectivity index (χ0) is 14.9. The molecule has 3 rings (SSSR count). The average molecular weight is 307 g/mol. The quantitative estimate of drug-likeness (QED) is 0.803. The first-order chi connectivity index (χ1) is 10.2. The van der Waals surface area contributed by atoms with Gasteiger partial charge in [-0.25, -0.2) is 0 Å². The number of hydrogen-bond acceptors (Lipinski definition) is 4. The van der Waals surface area contributed by atoms with E-state index >= 15 is 0 Å². The first-order valence-electron chi connectivity index (χ1n) is 7.67. The second-order valence-corrected chi connectivity index (χ2v) is 6.85. The van der Waals surface area contributed by atoms with Gasteiger partial charge in [-0.2, -0.15) is 0 Å². The molecule has 0 spiro atoms. The number of nitrogens with zero attached hydrogens (tertiary/aromatic N) is 1. The van der Waals surface area contributed by atoms with Crippen LogP contribution in [0.4, 0.5) is 0 Å². The molecule has 1 aliphatic carbocycles. The zero-order valence-electron chi connectivity index (χ0n) is 12.3. The van der Waals surface area contributed by atoms with E-state index in [0.717, 1.165) is 32.2 Å². The molecule has 0 bridgehead atoms. The fourth-order valence-electron chi connectivity index (χ4n) is 3.16. The smallest absolute Gasteiger partial charge is 0.310 e. The van der Waals surface area contributed by atoms with Gasteiger partial charge in [-0.15, -0.1) is 11.3 Å². The Morgan fingerprint density at radius 3 is 2.90 bits per heavy atom. The van der Waals surface area contributed by atoms with E-state index < -0.39 is 0 Å². The van der Waals surface area contributed by atoms with Crippen LogP contribution in [0.3, 0.4) is 0 Å². The van der Waals surface area contributed by atoms with Gasteiger partial charge in [-0.05, 0) is 44.1 Å². The van der Waals surface area contributed by atoms with Crippen LogP contribution in [-0.4, -0.2) is 36.5 Å². The third kappa shape index (κ3) is 2.71. The van der Waals surface area contributed by atoms with E-state index in [0.29, 0.717) is 13.2 Å². The van der Waals surface area contributed by atoms with Crippen LogP contribution in [0.1, 0.15) is 37.5 Å². The summed E-state index contributed by atoms with van der Waals surface area (Å²) in [7, 11) is 0. The van der Waals surface area contributed by atoms with Crippen molar-refractivity contribution in [2.45, 2.75) is 38.0 Å². The summed E-state index contributed by atoms with van der Waals surface area (Å²) in [5.74, 6) is -0.100. The predicted octanol–water partition coefficient (Wildman–Crippen LogP) is 2.58. The van der Waals surface area contributed by atoms with Crippen LogP contribution < -0.4 is 0 Å². The van der Waals surface area contributed by atoms with Gasteiger partial charge in [0, 0.05) is 18.0 Å². The second-order valence-electron chi connectivity index (χ2n) is 5.90. The van der Waals surface area contributed by atoms with Crippen molar-refractivity contribution in [3.8, 4) is 0 Å². The lowest BCUT2D eigenvalue weighted by Gasteiger charge is -2.34. The largest absolute Gasteiger partial charge is 0.466 e. The summed E-state index contributed by atoms with van der Waals surface area (Å²) in [4.78, 5) is 27.8. The molecule has 0 radical (unpaired) electrons. The Morgan fingerprint density at radius 1 is 1.48 bits per heavy atom. The van der Waals surface area contributed by atoms with Crippen molar-refractivity contribution in [3.05, 3.63) is 22.4 Å². The summed E-state index contributed by atoms with van der Waals surface area (Å²) in [5.41, 5.74) is -0.287. The molecule has 0 aromatic carbocycles. The van der Waals surface area contributed by atoms with Crippen molar-refractivity contribution in [1.29, 1.82) is 0 Å². The maximum absolute atomic E-state index is 12.9. The molecule has 1 aromatic rings. The number of amides is 1. The number of hydrogen-bond donors (Lipinski definition) is 0. The molecule has 0 N–H and O–H groups in total. The fourth-order valence-corrected chi connectivity index (χ4v) is 4.14. The molecule has 1 saturated heterocycles. The highest BCUT2D eigenvalue weighted by molar-refractivity contribution is 7.10. The number of thiophene rings is 1. The summed E-state index contributed by atoms with van der Waals surface area (Å²) in [5, 5.41) is 2.03. The molecule has 2 fully saturated rings. The molecule has 1 amide bonds. The summed E-state index contributed by atoms with van der Waals surface area (Å²) in [6, 6.07) is 4.06. The third-order valence-corrected chi connectivity index (χ3v) is 5.55. The Morgan fingerprint density at radius 2 is 2.29 bits per heavy atom. The lowest BCUT2D eigenvalue weighted by atomic mass is 9.95. The highest BCUT2D eigenvalue weighted by Gasteiger charge is 2.54. The summed E-state index contributed by atoms with van der Waals surface area (Å²) < 4.78 is 5.11. The monoisotopic (exact) mass is 307 g/mol. The number of piperidine rings is 1. The maximum atomic E-state index is 12.9. The van der Waals surface area contributed by atoms with Crippen LogP contribution in [-0.2, 0) is 19.7 Å². The van der Waals surface area contributed by atoms with Crippen molar-refractivity contribution < 1.29 is 14.3 Å². The van der Waals surface area contributed by atoms with E-state index in [9.17, 15) is 9.59 Å².